The van der Waals surface area contributed by atoms with Gasteiger partial charge in [0.1, 0.15) is 18.0 Å². The zero-order valence-corrected chi connectivity index (χ0v) is 22.3. The van der Waals surface area contributed by atoms with Crippen LogP contribution in [0.1, 0.15) is 79.4 Å². The molecule has 3 aliphatic rings. The second-order valence-corrected chi connectivity index (χ2v) is 10.6. The monoisotopic (exact) mass is 592 g/mol. The van der Waals surface area contributed by atoms with Crippen LogP contribution in [0, 0.1) is 5.92 Å². The summed E-state index contributed by atoms with van der Waals surface area (Å²) in [6.45, 7) is 2.27. The first-order valence-electron chi connectivity index (χ1n) is 13.0. The van der Waals surface area contributed by atoms with Gasteiger partial charge in [0.2, 0.25) is 0 Å². The molecule has 2 aromatic rings. The number of rotatable bonds is 10. The first-order chi connectivity index (χ1) is 17.1. The van der Waals surface area contributed by atoms with Crippen LogP contribution in [-0.2, 0) is 20.7 Å². The molecule has 0 bridgehead atoms. The molecule has 0 spiro atoms. The Morgan fingerprint density at radius 3 is 2.97 bits per heavy atom. The molecule has 2 fully saturated rings. The third-order valence-electron chi connectivity index (χ3n) is 7.68. The molecule has 4 heterocycles. The van der Waals surface area contributed by atoms with Gasteiger partial charge in [0.15, 0.2) is 23.0 Å². The number of aromatic nitrogens is 2. The van der Waals surface area contributed by atoms with E-state index in [0.29, 0.717) is 25.4 Å². The number of nitrogens with one attached hydrogen (secondary N) is 1. The van der Waals surface area contributed by atoms with Gasteiger partial charge in [0.05, 0.1) is 0 Å². The Morgan fingerprint density at radius 1 is 1.26 bits per heavy atom. The molecule has 1 aliphatic carbocycles. The van der Waals surface area contributed by atoms with Crippen molar-refractivity contribution in [2.45, 2.75) is 75.9 Å². The minimum atomic E-state index is -0.855. The van der Waals surface area contributed by atoms with Gasteiger partial charge in [-0.05, 0) is 75.6 Å². The zero-order chi connectivity index (χ0) is 24.2. The van der Waals surface area contributed by atoms with Crippen molar-refractivity contribution >= 4 is 34.8 Å². The summed E-state index contributed by atoms with van der Waals surface area (Å²) in [6, 6.07) is 7.67. The summed E-state index contributed by atoms with van der Waals surface area (Å²) in [4.78, 5) is 24.2. The Hall–Kier alpha value is -1.81. The molecule has 5 rings (SSSR count). The number of anilines is 1. The number of aryl methyl sites for hydroxylation is 2. The smallest absolute Gasteiger partial charge is 0.337 e. The minimum absolute atomic E-state index is 0.0494. The lowest BCUT2D eigenvalue weighted by Crippen LogP contribution is -2.34. The van der Waals surface area contributed by atoms with Gasteiger partial charge < -0.3 is 8.38 Å². The number of pyridine rings is 2. The zero-order valence-electron chi connectivity index (χ0n) is 20.1. The van der Waals surface area contributed by atoms with Crippen molar-refractivity contribution in [1.82, 2.24) is 14.9 Å². The molecular weight excluding hydrogens is 558 g/mol. The molecule has 3 atom stereocenters. The summed E-state index contributed by atoms with van der Waals surface area (Å²) >= 11 is 1.66. The van der Waals surface area contributed by atoms with Crippen LogP contribution < -0.4 is 5.32 Å². The third-order valence-corrected chi connectivity index (χ3v) is 8.11. The average Bonchev–Trinajstić information content (AvgIpc) is 3.63. The van der Waals surface area contributed by atoms with Crippen LogP contribution in [0.3, 0.4) is 0 Å². The van der Waals surface area contributed by atoms with E-state index in [-0.39, 0.29) is 11.9 Å². The van der Waals surface area contributed by atoms with E-state index in [0.717, 1.165) is 80.7 Å². The van der Waals surface area contributed by atoms with Gasteiger partial charge in [0, 0.05) is 48.1 Å². The highest BCUT2D eigenvalue weighted by Crippen LogP contribution is 2.43. The number of unbranched alkanes of at least 4 members (excludes halogenated alkanes) is 1. The number of nitrogens with zero attached hydrogens (tertiary/aromatic N) is 3. The number of likely N-dealkylation sites (tertiary alicyclic amines) is 1. The van der Waals surface area contributed by atoms with Crippen LogP contribution >= 0.6 is 23.0 Å². The summed E-state index contributed by atoms with van der Waals surface area (Å²) in [6.07, 6.45) is 9.41. The third kappa shape index (κ3) is 5.96. The summed E-state index contributed by atoms with van der Waals surface area (Å²) in [7, 11) is 0. The van der Waals surface area contributed by atoms with Gasteiger partial charge in [-0.2, -0.15) is 0 Å². The van der Waals surface area contributed by atoms with Crippen molar-refractivity contribution in [3.63, 3.8) is 0 Å². The fourth-order valence-electron chi connectivity index (χ4n) is 5.61. The van der Waals surface area contributed by atoms with Crippen LogP contribution in [0.5, 0.6) is 0 Å². The highest BCUT2D eigenvalue weighted by atomic mass is 127. The maximum absolute atomic E-state index is 15.2. The van der Waals surface area contributed by atoms with E-state index in [4.69, 9.17) is 8.05 Å². The number of halogens is 2. The topological polar surface area (TPSA) is 67.3 Å². The number of carbonyl (C=O) groups excluding carboxylic acids is 1. The standard InChI is InChI=1S/C27H34FIN4O2/c28-23(8-2-1-6-21-12-11-19-5-3-15-31-26(19)32-21)20-13-16-33(17-20)25(27(34)35-29)22-7-4-14-30-24(22)18-9-10-18/h4,7,11-12,14,18,20,23,25H,1-3,5-6,8-10,13,15-17H2,(H,31,32)/t20-,23?,25?/m1/s1. The fraction of sp³-hybridized carbons (Fsp3) is 0.593. The molecular formula is C27H34FIN4O2. The fourth-order valence-corrected chi connectivity index (χ4v) is 5.85. The van der Waals surface area contributed by atoms with Gasteiger partial charge in [-0.3, -0.25) is 9.88 Å². The van der Waals surface area contributed by atoms with E-state index >= 15 is 4.39 Å². The van der Waals surface area contributed by atoms with Crippen molar-refractivity contribution in [3.8, 4) is 0 Å². The molecule has 1 saturated carbocycles. The Balaban J connectivity index is 1.14. The first-order valence-corrected chi connectivity index (χ1v) is 13.9. The Morgan fingerprint density at radius 2 is 2.14 bits per heavy atom. The van der Waals surface area contributed by atoms with E-state index < -0.39 is 12.2 Å². The Kier molecular flexibility index (Phi) is 8.17. The molecule has 2 aromatic heterocycles. The minimum Gasteiger partial charge on any atom is -0.393 e. The number of alkyl halides is 1. The van der Waals surface area contributed by atoms with E-state index in [2.05, 4.69) is 27.3 Å². The molecule has 1 saturated heterocycles. The number of hydrogen-bond acceptors (Lipinski definition) is 6. The predicted molar refractivity (Wildman–Crippen MR) is 142 cm³/mol. The Bertz CT molecular complexity index is 1030. The number of hydrogen-bond donors (Lipinski definition) is 1. The molecule has 0 radical (unpaired) electrons. The van der Waals surface area contributed by atoms with E-state index in [1.807, 2.05) is 12.1 Å². The largest absolute Gasteiger partial charge is 0.393 e. The summed E-state index contributed by atoms with van der Waals surface area (Å²) in [5.74, 6) is 1.12. The van der Waals surface area contributed by atoms with Gasteiger partial charge in [0.25, 0.3) is 0 Å². The molecule has 0 amide bonds. The maximum atomic E-state index is 15.2. The van der Waals surface area contributed by atoms with Gasteiger partial charge in [-0.25, -0.2) is 14.2 Å². The lowest BCUT2D eigenvalue weighted by molar-refractivity contribution is -0.137. The van der Waals surface area contributed by atoms with E-state index in [1.54, 1.807) is 29.2 Å². The molecule has 2 unspecified atom stereocenters. The van der Waals surface area contributed by atoms with Crippen LogP contribution in [0.25, 0.3) is 0 Å². The second-order valence-electron chi connectivity index (χ2n) is 10.2. The lowest BCUT2D eigenvalue weighted by atomic mass is 9.97. The molecule has 188 valence electrons. The van der Waals surface area contributed by atoms with Crippen LogP contribution in [0.2, 0.25) is 0 Å². The van der Waals surface area contributed by atoms with Crippen molar-refractivity contribution in [3.05, 3.63) is 53.0 Å². The first kappa shape index (κ1) is 24.9. The van der Waals surface area contributed by atoms with Gasteiger partial charge >= 0.3 is 5.97 Å². The average molecular weight is 592 g/mol. The van der Waals surface area contributed by atoms with Crippen LogP contribution in [0.15, 0.2) is 30.5 Å². The van der Waals surface area contributed by atoms with Crippen molar-refractivity contribution in [2.24, 2.45) is 5.92 Å². The van der Waals surface area contributed by atoms with Crippen molar-refractivity contribution in [1.29, 1.82) is 0 Å². The Labute approximate surface area is 221 Å². The summed E-state index contributed by atoms with van der Waals surface area (Å²) < 4.78 is 20.4. The van der Waals surface area contributed by atoms with Crippen LogP contribution in [0.4, 0.5) is 10.2 Å². The molecule has 0 aromatic carbocycles. The van der Waals surface area contributed by atoms with Crippen LogP contribution in [-0.4, -0.2) is 46.6 Å². The summed E-state index contributed by atoms with van der Waals surface area (Å²) in [5.41, 5.74) is 4.32. The van der Waals surface area contributed by atoms with Crippen molar-refractivity contribution in [2.75, 3.05) is 25.0 Å². The number of carbonyl (C=O) groups is 1. The highest BCUT2D eigenvalue weighted by molar-refractivity contribution is 14.1. The SMILES string of the molecule is O=C(OI)C(c1cccnc1C1CC1)N1CC[C@@H](C(F)CCCCc2ccc3c(n2)NCCC3)C1. The normalized spacial score (nSPS) is 21.7. The molecule has 2 aliphatic heterocycles. The molecule has 8 heteroatoms. The molecule has 6 nitrogen and oxygen atoms in total. The van der Waals surface area contributed by atoms with E-state index in [1.165, 1.54) is 5.56 Å². The lowest BCUT2D eigenvalue weighted by Gasteiger charge is -2.27. The summed E-state index contributed by atoms with van der Waals surface area (Å²) in [5, 5.41) is 3.39. The van der Waals surface area contributed by atoms with Gasteiger partial charge in [-0.15, -0.1) is 0 Å². The van der Waals surface area contributed by atoms with Gasteiger partial charge in [-0.1, -0.05) is 18.6 Å². The van der Waals surface area contributed by atoms with Crippen molar-refractivity contribution < 1.29 is 12.3 Å². The van der Waals surface area contributed by atoms with E-state index in [9.17, 15) is 4.79 Å². The molecule has 1 N–H and O–H groups in total. The quantitative estimate of drug-likeness (QED) is 0.281. The second kappa shape index (κ2) is 11.5. The predicted octanol–water partition coefficient (Wildman–Crippen LogP) is 5.72. The maximum Gasteiger partial charge on any atom is 0.337 e. The highest BCUT2D eigenvalue weighted by Gasteiger charge is 2.40. The number of fused-ring (bicyclic) bond motifs is 1. The molecule has 35 heavy (non-hydrogen) atoms.